The normalized spacial score (nSPS) is 9.89. The number of hydrogen-bond donors (Lipinski definition) is 2. The lowest BCUT2D eigenvalue weighted by molar-refractivity contribution is -0.141. The van der Waals surface area contributed by atoms with Gasteiger partial charge in [0, 0.05) is 12.5 Å². The molecule has 2 N–H and O–H groups in total. The van der Waals surface area contributed by atoms with Gasteiger partial charge in [-0.2, -0.15) is 0 Å². The van der Waals surface area contributed by atoms with E-state index >= 15 is 0 Å². The molecule has 0 fully saturated rings. The van der Waals surface area contributed by atoms with Gasteiger partial charge in [0.1, 0.15) is 6.54 Å². The number of nitrogens with one attached hydrogen (secondary N) is 1. The third kappa shape index (κ3) is 7.02. The molecule has 0 atom stereocenters. The fourth-order valence-electron chi connectivity index (χ4n) is 1.17. The first-order chi connectivity index (χ1) is 8.77. The number of amides is 3. The average molecular weight is 274 g/mol. The summed E-state index contributed by atoms with van der Waals surface area (Å²) in [4.78, 5) is 45.6. The highest BCUT2D eigenvalue weighted by Crippen LogP contribution is 2.00. The minimum Gasteiger partial charge on any atom is -0.481 e. The molecule has 19 heavy (non-hydrogen) atoms. The molecule has 0 aromatic carbocycles. The molecule has 0 radical (unpaired) electrons. The standard InChI is InChI=1S/C11H18N2O6/c1-7(2)13(6-10(17)19-3)11(18)12-8(14)4-5-9(15)16/h7H,4-6H2,1-3H3,(H,15,16)(H,12,14,18). The molecule has 0 aromatic rings. The summed E-state index contributed by atoms with van der Waals surface area (Å²) in [6.07, 6.45) is -0.664. The largest absolute Gasteiger partial charge is 0.481 e. The van der Waals surface area contributed by atoms with E-state index < -0.39 is 23.9 Å². The van der Waals surface area contributed by atoms with Crippen LogP contribution in [0, 0.1) is 0 Å². The van der Waals surface area contributed by atoms with Crippen LogP contribution in [-0.4, -0.2) is 53.6 Å². The highest BCUT2D eigenvalue weighted by atomic mass is 16.5. The van der Waals surface area contributed by atoms with Gasteiger partial charge < -0.3 is 14.7 Å². The summed E-state index contributed by atoms with van der Waals surface area (Å²) in [6, 6.07) is -1.07. The molecule has 8 heteroatoms. The maximum atomic E-state index is 11.7. The number of urea groups is 1. The third-order valence-electron chi connectivity index (χ3n) is 2.22. The van der Waals surface area contributed by atoms with Crippen molar-refractivity contribution in [2.75, 3.05) is 13.7 Å². The second kappa shape index (κ2) is 8.06. The number of imide groups is 1. The van der Waals surface area contributed by atoms with E-state index in [1.165, 1.54) is 7.11 Å². The molecule has 3 amide bonds. The predicted molar refractivity (Wildman–Crippen MR) is 64.3 cm³/mol. The van der Waals surface area contributed by atoms with Crippen LogP contribution in [0.2, 0.25) is 0 Å². The number of nitrogens with zero attached hydrogens (tertiary/aromatic N) is 1. The lowest BCUT2D eigenvalue weighted by Gasteiger charge is -2.25. The van der Waals surface area contributed by atoms with E-state index in [2.05, 4.69) is 4.74 Å². The fraction of sp³-hybridized carbons (Fsp3) is 0.636. The molecule has 108 valence electrons. The smallest absolute Gasteiger partial charge is 0.325 e. The second-order valence-electron chi connectivity index (χ2n) is 4.04. The Kier molecular flexibility index (Phi) is 7.16. The average Bonchev–Trinajstić information content (AvgIpc) is 2.32. The minimum atomic E-state index is -1.13. The number of carboxylic acid groups (broad SMARTS) is 1. The maximum absolute atomic E-state index is 11.7. The number of aliphatic carboxylic acids is 1. The van der Waals surface area contributed by atoms with Crippen LogP contribution in [0.5, 0.6) is 0 Å². The number of carbonyl (C=O) groups is 4. The summed E-state index contributed by atoms with van der Waals surface area (Å²) in [5, 5.41) is 10.4. The predicted octanol–water partition coefficient (Wildman–Crippen LogP) is -0.0292. The minimum absolute atomic E-state index is 0.286. The Morgan fingerprint density at radius 3 is 2.21 bits per heavy atom. The van der Waals surface area contributed by atoms with Gasteiger partial charge in [-0.15, -0.1) is 0 Å². The molecule has 0 bridgehead atoms. The molecular weight excluding hydrogens is 256 g/mol. The Hall–Kier alpha value is -2.12. The van der Waals surface area contributed by atoms with Gasteiger partial charge in [-0.1, -0.05) is 0 Å². The lowest BCUT2D eigenvalue weighted by atomic mass is 10.3. The molecule has 0 aliphatic heterocycles. The van der Waals surface area contributed by atoms with E-state index in [4.69, 9.17) is 5.11 Å². The zero-order chi connectivity index (χ0) is 15.0. The first-order valence-corrected chi connectivity index (χ1v) is 5.67. The first kappa shape index (κ1) is 16.9. The van der Waals surface area contributed by atoms with Crippen LogP contribution in [-0.2, 0) is 19.1 Å². The molecule has 0 saturated carbocycles. The number of esters is 1. The van der Waals surface area contributed by atoms with Crippen molar-refractivity contribution in [1.82, 2.24) is 10.2 Å². The van der Waals surface area contributed by atoms with Crippen molar-refractivity contribution < 1.29 is 29.0 Å². The molecule has 0 unspecified atom stereocenters. The zero-order valence-corrected chi connectivity index (χ0v) is 11.1. The van der Waals surface area contributed by atoms with Crippen LogP contribution in [0.4, 0.5) is 4.79 Å². The van der Waals surface area contributed by atoms with Gasteiger partial charge >= 0.3 is 18.0 Å². The highest BCUT2D eigenvalue weighted by Gasteiger charge is 2.22. The van der Waals surface area contributed by atoms with Crippen molar-refractivity contribution >= 4 is 23.9 Å². The Labute approximate surface area is 110 Å². The van der Waals surface area contributed by atoms with Crippen LogP contribution in [0.3, 0.4) is 0 Å². The number of carboxylic acids is 1. The lowest BCUT2D eigenvalue weighted by Crippen LogP contribution is -2.48. The fourth-order valence-corrected chi connectivity index (χ4v) is 1.17. The second-order valence-corrected chi connectivity index (χ2v) is 4.04. The summed E-state index contributed by atoms with van der Waals surface area (Å²) in [7, 11) is 1.19. The first-order valence-electron chi connectivity index (χ1n) is 5.67. The van der Waals surface area contributed by atoms with Gasteiger partial charge in [0.05, 0.1) is 13.5 Å². The molecule has 0 heterocycles. The van der Waals surface area contributed by atoms with E-state index in [-0.39, 0.29) is 25.4 Å². The number of rotatable bonds is 6. The Bertz CT molecular complexity index is 366. The van der Waals surface area contributed by atoms with Crippen LogP contribution >= 0.6 is 0 Å². The van der Waals surface area contributed by atoms with E-state index in [1.807, 2.05) is 5.32 Å². The Morgan fingerprint density at radius 2 is 1.79 bits per heavy atom. The maximum Gasteiger partial charge on any atom is 0.325 e. The molecule has 8 nitrogen and oxygen atoms in total. The van der Waals surface area contributed by atoms with Crippen molar-refractivity contribution in [1.29, 1.82) is 0 Å². The summed E-state index contributed by atoms with van der Waals surface area (Å²) in [6.45, 7) is 3.06. The van der Waals surface area contributed by atoms with Crippen molar-refractivity contribution in [3.05, 3.63) is 0 Å². The van der Waals surface area contributed by atoms with Gasteiger partial charge in [0.2, 0.25) is 5.91 Å². The van der Waals surface area contributed by atoms with Gasteiger partial charge in [-0.25, -0.2) is 4.79 Å². The summed E-state index contributed by atoms with van der Waals surface area (Å²) >= 11 is 0. The number of carbonyl (C=O) groups excluding carboxylic acids is 3. The van der Waals surface area contributed by atoms with E-state index in [0.717, 1.165) is 4.90 Å². The van der Waals surface area contributed by atoms with E-state index in [9.17, 15) is 19.2 Å². The number of methoxy groups -OCH3 is 1. The monoisotopic (exact) mass is 274 g/mol. The van der Waals surface area contributed by atoms with Crippen LogP contribution in [0.25, 0.3) is 0 Å². The molecule has 0 aliphatic carbocycles. The topological polar surface area (TPSA) is 113 Å². The van der Waals surface area contributed by atoms with Gasteiger partial charge in [0.25, 0.3) is 0 Å². The van der Waals surface area contributed by atoms with Gasteiger partial charge in [-0.3, -0.25) is 19.7 Å². The van der Waals surface area contributed by atoms with Gasteiger partial charge in [0.15, 0.2) is 0 Å². The van der Waals surface area contributed by atoms with Crippen LogP contribution in [0.15, 0.2) is 0 Å². The molecule has 0 aromatic heterocycles. The summed E-state index contributed by atoms with van der Waals surface area (Å²) < 4.78 is 4.44. The molecule has 0 spiro atoms. The highest BCUT2D eigenvalue weighted by molar-refractivity contribution is 5.96. The molecule has 0 saturated heterocycles. The van der Waals surface area contributed by atoms with Crippen molar-refractivity contribution in [2.45, 2.75) is 32.7 Å². The number of hydrogen-bond acceptors (Lipinski definition) is 5. The number of ether oxygens (including phenoxy) is 1. The van der Waals surface area contributed by atoms with Crippen LogP contribution < -0.4 is 5.32 Å². The molecule has 0 aliphatic rings. The van der Waals surface area contributed by atoms with Gasteiger partial charge in [-0.05, 0) is 13.8 Å². The quantitative estimate of drug-likeness (QED) is 0.658. The SMILES string of the molecule is COC(=O)CN(C(=O)NC(=O)CCC(=O)O)C(C)C. The van der Waals surface area contributed by atoms with Crippen molar-refractivity contribution in [3.63, 3.8) is 0 Å². The Morgan fingerprint density at radius 1 is 1.21 bits per heavy atom. The zero-order valence-electron chi connectivity index (χ0n) is 11.1. The summed E-state index contributed by atoms with van der Waals surface area (Å²) in [5.74, 6) is -2.44. The summed E-state index contributed by atoms with van der Waals surface area (Å²) in [5.41, 5.74) is 0. The van der Waals surface area contributed by atoms with E-state index in [1.54, 1.807) is 13.8 Å². The van der Waals surface area contributed by atoms with Crippen molar-refractivity contribution in [3.8, 4) is 0 Å². The Balaban J connectivity index is 4.44. The molecule has 0 rings (SSSR count). The molecular formula is C11H18N2O6. The van der Waals surface area contributed by atoms with Crippen LogP contribution in [0.1, 0.15) is 26.7 Å². The third-order valence-corrected chi connectivity index (χ3v) is 2.22. The van der Waals surface area contributed by atoms with E-state index in [0.29, 0.717) is 0 Å². The van der Waals surface area contributed by atoms with Crippen molar-refractivity contribution in [2.24, 2.45) is 0 Å².